The summed E-state index contributed by atoms with van der Waals surface area (Å²) < 4.78 is 0. The Bertz CT molecular complexity index is 1070. The van der Waals surface area contributed by atoms with Crippen LogP contribution in [0.5, 0.6) is 0 Å². The van der Waals surface area contributed by atoms with Crippen LogP contribution < -0.4 is 11.1 Å². The fourth-order valence-electron chi connectivity index (χ4n) is 3.87. The number of aryl methyl sites for hydroxylation is 2. The fourth-order valence-corrected chi connectivity index (χ4v) is 3.87. The van der Waals surface area contributed by atoms with Crippen molar-refractivity contribution in [1.29, 1.82) is 5.41 Å². The zero-order valence-corrected chi connectivity index (χ0v) is 15.8. The minimum absolute atomic E-state index is 0.0113. The van der Waals surface area contributed by atoms with Crippen molar-refractivity contribution in [3.05, 3.63) is 94.5 Å². The molecule has 0 bridgehead atoms. The first-order valence-corrected chi connectivity index (χ1v) is 9.47. The van der Waals surface area contributed by atoms with Gasteiger partial charge in [-0.15, -0.1) is 0 Å². The Kier molecular flexibility index (Phi) is 4.70. The summed E-state index contributed by atoms with van der Waals surface area (Å²) in [5, 5.41) is 11.6. The number of anilines is 2. The lowest BCUT2D eigenvalue weighted by Gasteiger charge is -2.15. The van der Waals surface area contributed by atoms with Gasteiger partial charge in [0.15, 0.2) is 0 Å². The van der Waals surface area contributed by atoms with Crippen LogP contribution in [-0.2, 0) is 11.2 Å². The summed E-state index contributed by atoms with van der Waals surface area (Å²) in [5.74, 6) is -0.142. The van der Waals surface area contributed by atoms with Gasteiger partial charge in [0.25, 0.3) is 0 Å². The normalized spacial score (nSPS) is 15.1. The predicted molar refractivity (Wildman–Crippen MR) is 114 cm³/mol. The van der Waals surface area contributed by atoms with Crippen LogP contribution in [0.4, 0.5) is 11.4 Å². The van der Waals surface area contributed by atoms with Gasteiger partial charge in [-0.25, -0.2) is 0 Å². The standard InChI is InChI=1S/C24H23N3O/c1-15-5-4-7-17(13-15)23(26)21-14-18(10-12-22(21)25)27-24(28)20-11-9-16-6-2-3-8-19(16)20/h2-8,10,12-14,20,26H,9,11,25H2,1H3,(H,27,28). The quantitative estimate of drug-likeness (QED) is 0.462. The molecule has 0 fully saturated rings. The van der Waals surface area contributed by atoms with Crippen LogP contribution in [0, 0.1) is 12.3 Å². The van der Waals surface area contributed by atoms with Crippen molar-refractivity contribution in [2.45, 2.75) is 25.7 Å². The molecule has 0 saturated carbocycles. The lowest BCUT2D eigenvalue weighted by molar-refractivity contribution is -0.117. The highest BCUT2D eigenvalue weighted by molar-refractivity contribution is 6.14. The molecule has 0 aromatic heterocycles. The molecule has 4 rings (SSSR count). The molecule has 4 heteroatoms. The van der Waals surface area contributed by atoms with Crippen molar-refractivity contribution in [3.8, 4) is 0 Å². The number of nitrogens with one attached hydrogen (secondary N) is 2. The summed E-state index contributed by atoms with van der Waals surface area (Å²) in [6.45, 7) is 2.00. The number of carbonyl (C=O) groups excluding carboxylic acids is 1. The summed E-state index contributed by atoms with van der Waals surface area (Å²) in [6, 6.07) is 21.2. The molecule has 1 amide bonds. The van der Waals surface area contributed by atoms with Gasteiger partial charge >= 0.3 is 0 Å². The maximum Gasteiger partial charge on any atom is 0.231 e. The lowest BCUT2D eigenvalue weighted by Crippen LogP contribution is -2.19. The minimum Gasteiger partial charge on any atom is -0.398 e. The Hall–Kier alpha value is -3.40. The van der Waals surface area contributed by atoms with Gasteiger partial charge in [0.2, 0.25) is 5.91 Å². The van der Waals surface area contributed by atoms with E-state index in [1.54, 1.807) is 18.2 Å². The number of fused-ring (bicyclic) bond motifs is 1. The molecule has 0 saturated heterocycles. The number of carbonyl (C=O) groups is 1. The van der Waals surface area contributed by atoms with Crippen molar-refractivity contribution < 1.29 is 4.79 Å². The SMILES string of the molecule is Cc1cccc(C(=N)c2cc(NC(=O)C3CCc4ccccc43)ccc2N)c1. The van der Waals surface area contributed by atoms with E-state index in [0.717, 1.165) is 29.5 Å². The molecule has 1 aliphatic rings. The molecule has 0 radical (unpaired) electrons. The third-order valence-corrected chi connectivity index (χ3v) is 5.35. The number of amides is 1. The highest BCUT2D eigenvalue weighted by Gasteiger charge is 2.28. The van der Waals surface area contributed by atoms with Gasteiger partial charge in [-0.3, -0.25) is 10.2 Å². The topological polar surface area (TPSA) is 79.0 Å². The van der Waals surface area contributed by atoms with Crippen LogP contribution in [0.3, 0.4) is 0 Å². The Morgan fingerprint density at radius 3 is 2.71 bits per heavy atom. The Morgan fingerprint density at radius 1 is 1.07 bits per heavy atom. The van der Waals surface area contributed by atoms with E-state index in [9.17, 15) is 4.79 Å². The first-order valence-electron chi connectivity index (χ1n) is 9.47. The predicted octanol–water partition coefficient (Wildman–Crippen LogP) is 4.66. The average molecular weight is 369 g/mol. The molecule has 0 spiro atoms. The van der Waals surface area contributed by atoms with E-state index in [1.807, 2.05) is 49.4 Å². The first-order chi connectivity index (χ1) is 13.5. The van der Waals surface area contributed by atoms with Crippen molar-refractivity contribution >= 4 is 23.0 Å². The highest BCUT2D eigenvalue weighted by Crippen LogP contribution is 2.34. The van der Waals surface area contributed by atoms with Crippen molar-refractivity contribution in [3.63, 3.8) is 0 Å². The third-order valence-electron chi connectivity index (χ3n) is 5.35. The molecule has 4 nitrogen and oxygen atoms in total. The van der Waals surface area contributed by atoms with Gasteiger partial charge in [0.05, 0.1) is 11.6 Å². The van der Waals surface area contributed by atoms with E-state index in [-0.39, 0.29) is 11.8 Å². The van der Waals surface area contributed by atoms with E-state index in [4.69, 9.17) is 11.1 Å². The first kappa shape index (κ1) is 18.0. The summed E-state index contributed by atoms with van der Waals surface area (Å²) in [4.78, 5) is 12.9. The second-order valence-corrected chi connectivity index (χ2v) is 7.33. The van der Waals surface area contributed by atoms with E-state index in [2.05, 4.69) is 11.4 Å². The van der Waals surface area contributed by atoms with Gasteiger partial charge in [0.1, 0.15) is 0 Å². The molecule has 0 heterocycles. The Morgan fingerprint density at radius 2 is 1.89 bits per heavy atom. The van der Waals surface area contributed by atoms with Crippen LogP contribution in [0.1, 0.15) is 40.2 Å². The van der Waals surface area contributed by atoms with Crippen LogP contribution in [0.2, 0.25) is 0 Å². The summed E-state index contributed by atoms with van der Waals surface area (Å²) in [7, 11) is 0. The maximum absolute atomic E-state index is 12.9. The Labute approximate surface area is 164 Å². The second-order valence-electron chi connectivity index (χ2n) is 7.33. The molecule has 140 valence electrons. The van der Waals surface area contributed by atoms with Crippen LogP contribution >= 0.6 is 0 Å². The minimum atomic E-state index is -0.131. The van der Waals surface area contributed by atoms with E-state index in [1.165, 1.54) is 5.56 Å². The van der Waals surface area contributed by atoms with Crippen molar-refractivity contribution in [2.24, 2.45) is 0 Å². The summed E-state index contributed by atoms with van der Waals surface area (Å²) in [6.07, 6.45) is 1.76. The van der Waals surface area contributed by atoms with E-state index >= 15 is 0 Å². The largest absolute Gasteiger partial charge is 0.398 e. The number of nitrogen functional groups attached to an aromatic ring is 1. The van der Waals surface area contributed by atoms with E-state index < -0.39 is 0 Å². The number of hydrogen-bond acceptors (Lipinski definition) is 3. The van der Waals surface area contributed by atoms with Crippen LogP contribution in [0.25, 0.3) is 0 Å². The number of benzene rings is 3. The molecule has 28 heavy (non-hydrogen) atoms. The van der Waals surface area contributed by atoms with Crippen LogP contribution in [0.15, 0.2) is 66.7 Å². The molecule has 4 N–H and O–H groups in total. The molecule has 0 aliphatic heterocycles. The van der Waals surface area contributed by atoms with Crippen molar-refractivity contribution in [1.82, 2.24) is 0 Å². The molecule has 1 unspecified atom stereocenters. The number of rotatable bonds is 4. The third kappa shape index (κ3) is 3.41. The monoisotopic (exact) mass is 369 g/mol. The number of hydrogen-bond donors (Lipinski definition) is 3. The summed E-state index contributed by atoms with van der Waals surface area (Å²) >= 11 is 0. The molecular weight excluding hydrogens is 346 g/mol. The zero-order valence-electron chi connectivity index (χ0n) is 15.8. The highest BCUT2D eigenvalue weighted by atomic mass is 16.1. The molecule has 1 atom stereocenters. The summed E-state index contributed by atoms with van der Waals surface area (Å²) in [5.41, 5.74) is 12.5. The molecule has 1 aliphatic carbocycles. The van der Waals surface area contributed by atoms with Gasteiger partial charge in [0, 0.05) is 22.5 Å². The van der Waals surface area contributed by atoms with Crippen molar-refractivity contribution in [2.75, 3.05) is 11.1 Å². The van der Waals surface area contributed by atoms with Gasteiger partial charge < -0.3 is 11.1 Å². The van der Waals surface area contributed by atoms with Gasteiger partial charge in [-0.2, -0.15) is 0 Å². The second kappa shape index (κ2) is 7.31. The smallest absolute Gasteiger partial charge is 0.231 e. The van der Waals surface area contributed by atoms with Crippen LogP contribution in [-0.4, -0.2) is 11.6 Å². The average Bonchev–Trinajstić information content (AvgIpc) is 3.13. The maximum atomic E-state index is 12.9. The number of nitrogens with two attached hydrogens (primary N) is 1. The van der Waals surface area contributed by atoms with Gasteiger partial charge in [-0.1, -0.05) is 48.0 Å². The fraction of sp³-hybridized carbons (Fsp3) is 0.167. The zero-order chi connectivity index (χ0) is 19.7. The molecular formula is C24H23N3O. The molecule has 3 aromatic carbocycles. The Balaban J connectivity index is 1.58. The molecule has 3 aromatic rings. The van der Waals surface area contributed by atoms with Gasteiger partial charge in [-0.05, 0) is 55.2 Å². The van der Waals surface area contributed by atoms with E-state index in [0.29, 0.717) is 22.6 Å². The lowest BCUT2D eigenvalue weighted by atomic mass is 9.98.